The number of halogens is 1. The Hall–Kier alpha value is -2.42. The molecule has 0 saturated carbocycles. The summed E-state index contributed by atoms with van der Waals surface area (Å²) in [7, 11) is -2.34. The molecular formula is C17H17ClN4O3S. The average Bonchev–Trinajstić information content (AvgIpc) is 3.11. The summed E-state index contributed by atoms with van der Waals surface area (Å²) in [5.74, 6) is 0.237. The zero-order chi connectivity index (χ0) is 18.6. The predicted octanol–water partition coefficient (Wildman–Crippen LogP) is 2.59. The van der Waals surface area contributed by atoms with Crippen LogP contribution in [0.2, 0.25) is 5.02 Å². The van der Waals surface area contributed by atoms with E-state index in [4.69, 9.17) is 16.3 Å². The van der Waals surface area contributed by atoms with Crippen LogP contribution in [-0.2, 0) is 16.6 Å². The van der Waals surface area contributed by atoms with Crippen LogP contribution < -0.4 is 9.46 Å². The van der Waals surface area contributed by atoms with Gasteiger partial charge in [0.15, 0.2) is 0 Å². The lowest BCUT2D eigenvalue weighted by molar-refractivity contribution is 0.402. The van der Waals surface area contributed by atoms with Gasteiger partial charge in [0, 0.05) is 35.7 Å². The van der Waals surface area contributed by atoms with Crippen LogP contribution in [0.25, 0.3) is 11.3 Å². The monoisotopic (exact) mass is 392 g/mol. The molecule has 0 aliphatic rings. The van der Waals surface area contributed by atoms with Gasteiger partial charge in [0.1, 0.15) is 10.6 Å². The standard InChI is InChI=1S/C17H17ClN4O3S/c1-25-16-3-2-14(18)12-17(16)26(23,24)20-9-11-22-10-6-15(21-22)13-4-7-19-8-5-13/h2-8,10,12,20H,9,11H2,1H3. The maximum absolute atomic E-state index is 12.5. The second-order valence-corrected chi connectivity index (χ2v) is 7.56. The topological polar surface area (TPSA) is 86.1 Å². The maximum Gasteiger partial charge on any atom is 0.244 e. The highest BCUT2D eigenvalue weighted by Gasteiger charge is 2.19. The number of methoxy groups -OCH3 is 1. The molecule has 0 fully saturated rings. The zero-order valence-corrected chi connectivity index (χ0v) is 15.5. The quantitative estimate of drug-likeness (QED) is 0.667. The van der Waals surface area contributed by atoms with Gasteiger partial charge in [-0.3, -0.25) is 9.67 Å². The predicted molar refractivity (Wildman–Crippen MR) is 98.7 cm³/mol. The van der Waals surface area contributed by atoms with E-state index in [1.54, 1.807) is 29.3 Å². The molecule has 26 heavy (non-hydrogen) atoms. The summed E-state index contributed by atoms with van der Waals surface area (Å²) in [6.07, 6.45) is 5.19. The summed E-state index contributed by atoms with van der Waals surface area (Å²) in [6, 6.07) is 10.0. The van der Waals surface area contributed by atoms with Gasteiger partial charge < -0.3 is 4.74 Å². The van der Waals surface area contributed by atoms with Crippen LogP contribution in [-0.4, -0.2) is 36.8 Å². The van der Waals surface area contributed by atoms with Gasteiger partial charge in [0.05, 0.1) is 19.3 Å². The third-order valence-corrected chi connectivity index (χ3v) is 5.38. The molecule has 0 saturated heterocycles. The van der Waals surface area contributed by atoms with E-state index in [1.165, 1.54) is 19.2 Å². The molecule has 7 nitrogen and oxygen atoms in total. The van der Waals surface area contributed by atoms with Crippen LogP contribution in [0.3, 0.4) is 0 Å². The van der Waals surface area contributed by atoms with E-state index >= 15 is 0 Å². The first kappa shape index (κ1) is 18.4. The number of ether oxygens (including phenoxy) is 1. The lowest BCUT2D eigenvalue weighted by Gasteiger charge is -2.11. The number of nitrogens with one attached hydrogen (secondary N) is 1. The van der Waals surface area contributed by atoms with Gasteiger partial charge in [0.25, 0.3) is 0 Å². The van der Waals surface area contributed by atoms with E-state index in [1.807, 2.05) is 18.2 Å². The number of pyridine rings is 1. The van der Waals surface area contributed by atoms with E-state index in [2.05, 4.69) is 14.8 Å². The Morgan fingerprint density at radius 1 is 1.19 bits per heavy atom. The molecule has 0 bridgehead atoms. The highest BCUT2D eigenvalue weighted by molar-refractivity contribution is 7.89. The van der Waals surface area contributed by atoms with Crippen molar-refractivity contribution < 1.29 is 13.2 Å². The fourth-order valence-corrected chi connectivity index (χ4v) is 3.85. The number of nitrogens with zero attached hydrogens (tertiary/aromatic N) is 3. The molecule has 9 heteroatoms. The summed E-state index contributed by atoms with van der Waals surface area (Å²) in [4.78, 5) is 3.98. The fourth-order valence-electron chi connectivity index (χ4n) is 2.40. The van der Waals surface area contributed by atoms with E-state index in [0.29, 0.717) is 11.6 Å². The van der Waals surface area contributed by atoms with Crippen molar-refractivity contribution in [2.24, 2.45) is 0 Å². The van der Waals surface area contributed by atoms with Crippen LogP contribution >= 0.6 is 11.6 Å². The Morgan fingerprint density at radius 3 is 2.69 bits per heavy atom. The van der Waals surface area contributed by atoms with Crippen molar-refractivity contribution in [1.82, 2.24) is 19.5 Å². The molecule has 1 aromatic carbocycles. The molecule has 3 rings (SSSR count). The molecule has 0 aliphatic heterocycles. The van der Waals surface area contributed by atoms with Crippen molar-refractivity contribution in [3.8, 4) is 17.0 Å². The highest BCUT2D eigenvalue weighted by Crippen LogP contribution is 2.26. The van der Waals surface area contributed by atoms with Crippen LogP contribution in [0.15, 0.2) is 59.9 Å². The van der Waals surface area contributed by atoms with Gasteiger partial charge in [-0.05, 0) is 36.4 Å². The molecule has 0 amide bonds. The zero-order valence-electron chi connectivity index (χ0n) is 14.0. The number of benzene rings is 1. The molecule has 0 aliphatic carbocycles. The maximum atomic E-state index is 12.5. The molecule has 0 unspecified atom stereocenters. The lowest BCUT2D eigenvalue weighted by atomic mass is 10.2. The van der Waals surface area contributed by atoms with Gasteiger partial charge in [-0.1, -0.05) is 11.6 Å². The van der Waals surface area contributed by atoms with Crippen LogP contribution in [0.1, 0.15) is 0 Å². The van der Waals surface area contributed by atoms with Crippen molar-refractivity contribution in [3.05, 3.63) is 60.0 Å². The van der Waals surface area contributed by atoms with Crippen molar-refractivity contribution in [2.75, 3.05) is 13.7 Å². The first-order valence-corrected chi connectivity index (χ1v) is 9.63. The average molecular weight is 393 g/mol. The van der Waals surface area contributed by atoms with E-state index in [-0.39, 0.29) is 17.2 Å². The second kappa shape index (κ2) is 7.86. The number of aromatic nitrogens is 3. The Labute approximate surface area is 156 Å². The van der Waals surface area contributed by atoms with Crippen LogP contribution in [0.5, 0.6) is 5.75 Å². The van der Waals surface area contributed by atoms with Gasteiger partial charge in [-0.2, -0.15) is 5.10 Å². The first-order chi connectivity index (χ1) is 12.5. The molecule has 0 radical (unpaired) electrons. The minimum atomic E-state index is -3.75. The smallest absolute Gasteiger partial charge is 0.244 e. The van der Waals surface area contributed by atoms with Gasteiger partial charge in [-0.25, -0.2) is 13.1 Å². The Morgan fingerprint density at radius 2 is 1.96 bits per heavy atom. The molecule has 3 aromatic rings. The molecule has 1 N–H and O–H groups in total. The number of hydrogen-bond acceptors (Lipinski definition) is 5. The second-order valence-electron chi connectivity index (χ2n) is 5.39. The molecular weight excluding hydrogens is 376 g/mol. The summed E-state index contributed by atoms with van der Waals surface area (Å²) in [5, 5.41) is 4.75. The molecule has 0 atom stereocenters. The van der Waals surface area contributed by atoms with Crippen molar-refractivity contribution in [1.29, 1.82) is 0 Å². The lowest BCUT2D eigenvalue weighted by Crippen LogP contribution is -2.28. The molecule has 136 valence electrons. The Bertz CT molecular complexity index is 990. The molecule has 2 aromatic heterocycles. The minimum Gasteiger partial charge on any atom is -0.495 e. The largest absolute Gasteiger partial charge is 0.495 e. The summed E-state index contributed by atoms with van der Waals surface area (Å²) in [6.45, 7) is 0.558. The van der Waals surface area contributed by atoms with Crippen LogP contribution in [0.4, 0.5) is 0 Å². The Kier molecular flexibility index (Phi) is 5.55. The summed E-state index contributed by atoms with van der Waals surface area (Å²) >= 11 is 5.90. The fraction of sp³-hybridized carbons (Fsp3) is 0.176. The van der Waals surface area contributed by atoms with E-state index in [0.717, 1.165) is 11.3 Å². The number of sulfonamides is 1. The molecule has 0 spiro atoms. The first-order valence-electron chi connectivity index (χ1n) is 7.76. The van der Waals surface area contributed by atoms with Gasteiger partial charge in [0.2, 0.25) is 10.0 Å². The third kappa shape index (κ3) is 4.21. The van der Waals surface area contributed by atoms with E-state index < -0.39 is 10.0 Å². The van der Waals surface area contributed by atoms with Crippen LogP contribution in [0, 0.1) is 0 Å². The summed E-state index contributed by atoms with van der Waals surface area (Å²) in [5.41, 5.74) is 1.75. The SMILES string of the molecule is COc1ccc(Cl)cc1S(=O)(=O)NCCn1ccc(-c2ccncc2)n1. The van der Waals surface area contributed by atoms with Gasteiger partial charge in [-0.15, -0.1) is 0 Å². The third-order valence-electron chi connectivity index (χ3n) is 3.66. The van der Waals surface area contributed by atoms with Crippen molar-refractivity contribution in [2.45, 2.75) is 11.4 Å². The highest BCUT2D eigenvalue weighted by atomic mass is 35.5. The van der Waals surface area contributed by atoms with Crippen molar-refractivity contribution in [3.63, 3.8) is 0 Å². The molecule has 2 heterocycles. The van der Waals surface area contributed by atoms with Crippen molar-refractivity contribution >= 4 is 21.6 Å². The number of hydrogen-bond donors (Lipinski definition) is 1. The summed E-state index contributed by atoms with van der Waals surface area (Å²) < 4.78 is 34.3. The van der Waals surface area contributed by atoms with Gasteiger partial charge >= 0.3 is 0 Å². The number of rotatable bonds is 7. The van der Waals surface area contributed by atoms with E-state index in [9.17, 15) is 8.42 Å². The normalized spacial score (nSPS) is 11.5. The minimum absolute atomic E-state index is 0.00504. The Balaban J connectivity index is 1.66.